The molecule has 2 amide bonds. The molecule has 3 N–H and O–H groups in total. The fraction of sp³-hybridized carbons (Fsp3) is 0.462. The van der Waals surface area contributed by atoms with E-state index in [2.05, 4.69) is 47.7 Å². The van der Waals surface area contributed by atoms with E-state index in [1.54, 1.807) is 4.90 Å². The Labute approximate surface area is 226 Å². The van der Waals surface area contributed by atoms with Gasteiger partial charge in [-0.2, -0.15) is 5.10 Å². The smallest absolute Gasteiger partial charge is 0.270 e. The maximum atomic E-state index is 13.2. The Balaban J connectivity index is 1.52. The minimum Gasteiger partial charge on any atom is -0.361 e. The standard InChI is InChI=1S/C26H33Cl2N7O2/c1-14(2)35-21(11-29-24-17-9-18(26(4,5)6)19(28)10-20(17)32-33-24)30-15(3)23(35)25(37)31-16-12-34(13-16)22(36)7-8-27/h7-10,14,16H,11-13H2,1-6H3,(H,31,37)(H2,29,32,33). The molecule has 0 aliphatic carbocycles. The van der Waals surface area contributed by atoms with Crippen molar-refractivity contribution in [1.82, 2.24) is 30.0 Å². The van der Waals surface area contributed by atoms with E-state index < -0.39 is 0 Å². The molecule has 0 spiro atoms. The average molecular weight is 547 g/mol. The highest BCUT2D eigenvalue weighted by Gasteiger charge is 2.32. The molecule has 11 heteroatoms. The zero-order valence-corrected chi connectivity index (χ0v) is 23.5. The Morgan fingerprint density at radius 1 is 1.27 bits per heavy atom. The van der Waals surface area contributed by atoms with Crippen molar-refractivity contribution < 1.29 is 9.59 Å². The first-order chi connectivity index (χ1) is 17.4. The highest BCUT2D eigenvalue weighted by Crippen LogP contribution is 2.34. The van der Waals surface area contributed by atoms with Crippen LogP contribution in [0.25, 0.3) is 10.9 Å². The van der Waals surface area contributed by atoms with E-state index in [4.69, 9.17) is 28.2 Å². The van der Waals surface area contributed by atoms with Gasteiger partial charge in [0, 0.05) is 41.2 Å². The maximum Gasteiger partial charge on any atom is 0.270 e. The molecule has 37 heavy (non-hydrogen) atoms. The number of rotatable bonds is 7. The Hall–Kier alpha value is -3.04. The number of halogens is 2. The van der Waals surface area contributed by atoms with E-state index in [-0.39, 0.29) is 29.3 Å². The summed E-state index contributed by atoms with van der Waals surface area (Å²) in [6, 6.07) is 3.86. The van der Waals surface area contributed by atoms with Gasteiger partial charge in [0.1, 0.15) is 11.5 Å². The van der Waals surface area contributed by atoms with E-state index in [9.17, 15) is 9.59 Å². The van der Waals surface area contributed by atoms with Gasteiger partial charge in [-0.1, -0.05) is 44.0 Å². The third-order valence-corrected chi connectivity index (χ3v) is 6.94. The monoisotopic (exact) mass is 545 g/mol. The molecule has 0 atom stereocenters. The molecule has 0 saturated carbocycles. The molecule has 3 aromatic rings. The SMILES string of the molecule is Cc1nc(CNc2n[nH]c3cc(Cl)c(C(C)(C)C)cc23)n(C(C)C)c1C(=O)NC1CN(C(=O)C=CCl)C1. The fourth-order valence-electron chi connectivity index (χ4n) is 4.63. The summed E-state index contributed by atoms with van der Waals surface area (Å²) in [5.74, 6) is 1.06. The number of fused-ring (bicyclic) bond motifs is 1. The van der Waals surface area contributed by atoms with Gasteiger partial charge in [0.2, 0.25) is 5.91 Å². The lowest BCUT2D eigenvalue weighted by Gasteiger charge is -2.39. The highest BCUT2D eigenvalue weighted by molar-refractivity contribution is 6.32. The lowest BCUT2D eigenvalue weighted by atomic mass is 9.86. The number of amides is 2. The van der Waals surface area contributed by atoms with Gasteiger partial charge in [0.25, 0.3) is 5.91 Å². The summed E-state index contributed by atoms with van der Waals surface area (Å²) in [6.45, 7) is 13.5. The van der Waals surface area contributed by atoms with E-state index in [1.807, 2.05) is 31.4 Å². The predicted octanol–water partition coefficient (Wildman–Crippen LogP) is 4.90. The van der Waals surface area contributed by atoms with E-state index >= 15 is 0 Å². The molecule has 1 aliphatic rings. The van der Waals surface area contributed by atoms with Crippen molar-refractivity contribution in [2.45, 2.75) is 65.6 Å². The number of hydrogen-bond acceptors (Lipinski definition) is 5. The van der Waals surface area contributed by atoms with Gasteiger partial charge >= 0.3 is 0 Å². The average Bonchev–Trinajstić information content (AvgIpc) is 3.32. The van der Waals surface area contributed by atoms with Gasteiger partial charge in [-0.3, -0.25) is 14.7 Å². The first-order valence-corrected chi connectivity index (χ1v) is 13.1. The van der Waals surface area contributed by atoms with Gasteiger partial charge in [-0.05, 0) is 43.9 Å². The van der Waals surface area contributed by atoms with Crippen molar-refractivity contribution in [2.24, 2.45) is 0 Å². The fourth-order valence-corrected chi connectivity index (χ4v) is 5.19. The summed E-state index contributed by atoms with van der Waals surface area (Å²) in [4.78, 5) is 31.4. The second kappa shape index (κ2) is 10.4. The molecular formula is C26H33Cl2N7O2. The third kappa shape index (κ3) is 5.48. The molecule has 1 saturated heterocycles. The number of carbonyl (C=O) groups excluding carboxylic acids is 2. The number of likely N-dealkylation sites (tertiary alicyclic amines) is 1. The molecule has 0 radical (unpaired) electrons. The van der Waals surface area contributed by atoms with Gasteiger partial charge in [0.15, 0.2) is 5.82 Å². The molecule has 198 valence electrons. The number of aryl methyl sites for hydroxylation is 1. The van der Waals surface area contributed by atoms with Crippen molar-refractivity contribution in [3.63, 3.8) is 0 Å². The normalized spacial score (nSPS) is 14.6. The van der Waals surface area contributed by atoms with Crippen molar-refractivity contribution in [3.8, 4) is 0 Å². The zero-order chi connectivity index (χ0) is 27.1. The minimum atomic E-state index is -0.204. The van der Waals surface area contributed by atoms with Crippen molar-refractivity contribution in [1.29, 1.82) is 0 Å². The largest absolute Gasteiger partial charge is 0.361 e. The Kier molecular flexibility index (Phi) is 7.57. The van der Waals surface area contributed by atoms with Crippen LogP contribution in [0.1, 0.15) is 68.2 Å². The van der Waals surface area contributed by atoms with Crippen molar-refractivity contribution in [2.75, 3.05) is 18.4 Å². The van der Waals surface area contributed by atoms with Crippen molar-refractivity contribution in [3.05, 3.63) is 51.5 Å². The topological polar surface area (TPSA) is 108 Å². The Morgan fingerprint density at radius 3 is 2.59 bits per heavy atom. The van der Waals surface area contributed by atoms with E-state index in [1.165, 1.54) is 11.6 Å². The van der Waals surface area contributed by atoms with Crippen LogP contribution in [0.3, 0.4) is 0 Å². The lowest BCUT2D eigenvalue weighted by molar-refractivity contribution is -0.130. The number of aromatic nitrogens is 4. The van der Waals surface area contributed by atoms with E-state index in [0.717, 1.165) is 22.3 Å². The van der Waals surface area contributed by atoms with Crippen LogP contribution in [0.2, 0.25) is 5.02 Å². The summed E-state index contributed by atoms with van der Waals surface area (Å²) in [5.41, 5.74) is 4.13. The van der Waals surface area contributed by atoms with Gasteiger partial charge in [0.05, 0.1) is 23.8 Å². The summed E-state index contributed by atoms with van der Waals surface area (Å²) in [7, 11) is 0. The first-order valence-electron chi connectivity index (χ1n) is 12.3. The van der Waals surface area contributed by atoms with Gasteiger partial charge in [-0.15, -0.1) is 0 Å². The number of imidazole rings is 1. The van der Waals surface area contributed by atoms with Crippen LogP contribution in [0.4, 0.5) is 5.82 Å². The molecule has 1 aliphatic heterocycles. The quantitative estimate of drug-likeness (QED) is 0.365. The number of hydrogen-bond donors (Lipinski definition) is 3. The molecule has 4 rings (SSSR count). The first kappa shape index (κ1) is 27.0. The van der Waals surface area contributed by atoms with Gasteiger partial charge < -0.3 is 20.1 Å². The molecular weight excluding hydrogens is 513 g/mol. The number of nitrogens with one attached hydrogen (secondary N) is 3. The molecule has 0 unspecified atom stereocenters. The number of nitrogens with zero attached hydrogens (tertiary/aromatic N) is 4. The zero-order valence-electron chi connectivity index (χ0n) is 21.9. The van der Waals surface area contributed by atoms with Crippen LogP contribution in [-0.2, 0) is 16.8 Å². The predicted molar refractivity (Wildman–Crippen MR) is 147 cm³/mol. The maximum absolute atomic E-state index is 13.2. The van der Waals surface area contributed by atoms with Crippen LogP contribution in [0.5, 0.6) is 0 Å². The molecule has 3 heterocycles. The second-order valence-corrected chi connectivity index (χ2v) is 11.3. The van der Waals surface area contributed by atoms with Crippen LogP contribution < -0.4 is 10.6 Å². The molecule has 0 bridgehead atoms. The minimum absolute atomic E-state index is 0.00861. The number of carbonyl (C=O) groups is 2. The van der Waals surface area contributed by atoms with Crippen LogP contribution in [0, 0.1) is 6.92 Å². The van der Waals surface area contributed by atoms with E-state index in [0.29, 0.717) is 41.9 Å². The third-order valence-electron chi connectivity index (χ3n) is 6.50. The molecule has 1 aromatic carbocycles. The summed E-state index contributed by atoms with van der Waals surface area (Å²) in [6.07, 6.45) is 1.30. The lowest BCUT2D eigenvalue weighted by Crippen LogP contribution is -2.60. The Bertz CT molecular complexity index is 1360. The molecule has 9 nitrogen and oxygen atoms in total. The summed E-state index contributed by atoms with van der Waals surface area (Å²) >= 11 is 12.0. The summed E-state index contributed by atoms with van der Waals surface area (Å²) in [5, 5.41) is 15.6. The number of anilines is 1. The number of H-pyrrole nitrogens is 1. The summed E-state index contributed by atoms with van der Waals surface area (Å²) < 4.78 is 1.95. The second-order valence-electron chi connectivity index (χ2n) is 10.7. The van der Waals surface area contributed by atoms with Gasteiger partial charge in [-0.25, -0.2) is 4.98 Å². The molecule has 1 fully saturated rings. The van der Waals surface area contributed by atoms with Crippen LogP contribution in [0.15, 0.2) is 23.7 Å². The highest BCUT2D eigenvalue weighted by atomic mass is 35.5. The molecule has 2 aromatic heterocycles. The van der Waals surface area contributed by atoms with Crippen LogP contribution >= 0.6 is 23.2 Å². The Morgan fingerprint density at radius 2 is 1.97 bits per heavy atom. The van der Waals surface area contributed by atoms with Crippen LogP contribution in [-0.4, -0.2) is 55.6 Å². The number of aromatic amines is 1. The van der Waals surface area contributed by atoms with Crippen molar-refractivity contribution >= 4 is 51.7 Å². The number of benzene rings is 1.